The van der Waals surface area contributed by atoms with E-state index in [-0.39, 0.29) is 17.2 Å². The van der Waals surface area contributed by atoms with E-state index in [2.05, 4.69) is 4.99 Å². The van der Waals surface area contributed by atoms with Crippen LogP contribution in [-0.2, 0) is 32.8 Å². The molecule has 0 atom stereocenters. The van der Waals surface area contributed by atoms with Crippen LogP contribution in [0, 0.1) is 0 Å². The molecule has 0 aliphatic heterocycles. The van der Waals surface area contributed by atoms with Crippen LogP contribution in [0.4, 0.5) is 0 Å². The number of hydrogen-bond acceptors (Lipinski definition) is 6. The van der Waals surface area contributed by atoms with Gasteiger partial charge in [0.1, 0.15) is 0 Å². The van der Waals surface area contributed by atoms with E-state index in [1.54, 1.807) is 62.7 Å². The van der Waals surface area contributed by atoms with Gasteiger partial charge in [0.15, 0.2) is 14.6 Å². The molecular weight excluding hydrogens is 436 g/mol. The number of amides is 1. The first-order valence-electron chi connectivity index (χ1n) is 9.80. The SMILES string of the molecule is CCOC(=O)c1ccc2c(c1)sc(=NC(=O)Cc1ccc(S(=O)(=O)C(C)C)cc1)n2C. The third-order valence-electron chi connectivity index (χ3n) is 4.77. The molecule has 1 amide bonds. The number of aromatic nitrogens is 1. The van der Waals surface area contributed by atoms with Crippen LogP contribution in [0.1, 0.15) is 36.7 Å². The summed E-state index contributed by atoms with van der Waals surface area (Å²) in [4.78, 5) is 29.4. The average molecular weight is 461 g/mol. The van der Waals surface area contributed by atoms with Crippen LogP contribution in [-0.4, -0.2) is 36.7 Å². The number of fused-ring (bicyclic) bond motifs is 1. The van der Waals surface area contributed by atoms with Gasteiger partial charge in [-0.25, -0.2) is 13.2 Å². The minimum absolute atomic E-state index is 0.0598. The number of ether oxygens (including phenoxy) is 1. The Bertz CT molecular complexity index is 1300. The van der Waals surface area contributed by atoms with Crippen molar-refractivity contribution < 1.29 is 22.7 Å². The van der Waals surface area contributed by atoms with Crippen LogP contribution in [0.3, 0.4) is 0 Å². The van der Waals surface area contributed by atoms with E-state index in [4.69, 9.17) is 4.74 Å². The van der Waals surface area contributed by atoms with Crippen molar-refractivity contribution in [2.45, 2.75) is 37.3 Å². The van der Waals surface area contributed by atoms with Crippen LogP contribution < -0.4 is 4.80 Å². The maximum atomic E-state index is 12.5. The molecule has 1 heterocycles. The predicted octanol–water partition coefficient (Wildman–Crippen LogP) is 3.27. The van der Waals surface area contributed by atoms with Crippen molar-refractivity contribution in [2.75, 3.05) is 6.61 Å². The van der Waals surface area contributed by atoms with Gasteiger partial charge in [-0.2, -0.15) is 4.99 Å². The monoisotopic (exact) mass is 460 g/mol. The Morgan fingerprint density at radius 2 is 1.81 bits per heavy atom. The van der Waals surface area contributed by atoms with Gasteiger partial charge >= 0.3 is 5.97 Å². The molecule has 0 aliphatic rings. The Morgan fingerprint density at radius 3 is 2.42 bits per heavy atom. The second kappa shape index (κ2) is 9.15. The smallest absolute Gasteiger partial charge is 0.338 e. The second-order valence-electron chi connectivity index (χ2n) is 7.27. The topological polar surface area (TPSA) is 94.8 Å². The third kappa shape index (κ3) is 4.94. The zero-order valence-corrected chi connectivity index (χ0v) is 19.4. The summed E-state index contributed by atoms with van der Waals surface area (Å²) in [5, 5.41) is -0.507. The fraction of sp³-hybridized carbons (Fsp3) is 0.318. The van der Waals surface area contributed by atoms with E-state index in [1.807, 2.05) is 0 Å². The first-order valence-corrected chi connectivity index (χ1v) is 12.2. The molecule has 0 spiro atoms. The first-order chi connectivity index (χ1) is 14.6. The maximum absolute atomic E-state index is 12.5. The summed E-state index contributed by atoms with van der Waals surface area (Å²) in [6.45, 7) is 5.31. The highest BCUT2D eigenvalue weighted by molar-refractivity contribution is 7.92. The van der Waals surface area contributed by atoms with Crippen molar-refractivity contribution in [3.63, 3.8) is 0 Å². The maximum Gasteiger partial charge on any atom is 0.338 e. The predicted molar refractivity (Wildman–Crippen MR) is 120 cm³/mol. The molecule has 0 saturated heterocycles. The number of carbonyl (C=O) groups is 2. The quantitative estimate of drug-likeness (QED) is 0.526. The summed E-state index contributed by atoms with van der Waals surface area (Å²) < 4.78 is 32.1. The molecule has 0 N–H and O–H groups in total. The highest BCUT2D eigenvalue weighted by Crippen LogP contribution is 2.20. The molecule has 3 aromatic rings. The molecule has 0 bridgehead atoms. The van der Waals surface area contributed by atoms with E-state index < -0.39 is 21.1 Å². The molecule has 0 unspecified atom stereocenters. The number of benzene rings is 2. The van der Waals surface area contributed by atoms with Crippen LogP contribution >= 0.6 is 11.3 Å². The summed E-state index contributed by atoms with van der Waals surface area (Å²) in [7, 11) is -1.54. The lowest BCUT2D eigenvalue weighted by molar-refractivity contribution is -0.117. The standard InChI is InChI=1S/C22H24N2O5S2/c1-5-29-21(26)16-8-11-18-19(13-16)30-22(24(18)4)23-20(25)12-15-6-9-17(10-7-15)31(27,28)14(2)3/h6-11,13-14H,5,12H2,1-4H3. The highest BCUT2D eigenvalue weighted by atomic mass is 32.2. The van der Waals surface area contributed by atoms with Crippen LogP contribution in [0.25, 0.3) is 10.2 Å². The summed E-state index contributed by atoms with van der Waals surface area (Å²) in [5.41, 5.74) is 1.99. The Morgan fingerprint density at radius 1 is 1.13 bits per heavy atom. The molecule has 0 saturated carbocycles. The summed E-state index contributed by atoms with van der Waals surface area (Å²) in [6, 6.07) is 11.5. The fourth-order valence-electron chi connectivity index (χ4n) is 2.97. The lowest BCUT2D eigenvalue weighted by atomic mass is 10.1. The van der Waals surface area contributed by atoms with E-state index in [0.717, 1.165) is 10.2 Å². The molecule has 9 heteroatoms. The van der Waals surface area contributed by atoms with Crippen LogP contribution in [0.15, 0.2) is 52.4 Å². The zero-order chi connectivity index (χ0) is 22.8. The van der Waals surface area contributed by atoms with Gasteiger partial charge in [-0.3, -0.25) is 4.79 Å². The van der Waals surface area contributed by atoms with Crippen LogP contribution in [0.2, 0.25) is 0 Å². The number of sulfone groups is 1. The Balaban J connectivity index is 1.84. The average Bonchev–Trinajstić information content (AvgIpc) is 3.03. The minimum atomic E-state index is -3.35. The molecule has 2 aromatic carbocycles. The van der Waals surface area contributed by atoms with Crippen molar-refractivity contribution in [3.05, 3.63) is 58.4 Å². The Kier molecular flexibility index (Phi) is 6.76. The fourth-order valence-corrected chi connectivity index (χ4v) is 5.11. The van der Waals surface area contributed by atoms with Crippen molar-refractivity contribution in [1.82, 2.24) is 4.57 Å². The van der Waals surface area contributed by atoms with Gasteiger partial charge in [0.2, 0.25) is 0 Å². The van der Waals surface area contributed by atoms with E-state index in [9.17, 15) is 18.0 Å². The summed E-state index contributed by atoms with van der Waals surface area (Å²) in [6.07, 6.45) is 0.0598. The number of nitrogens with zero attached hydrogens (tertiary/aromatic N) is 2. The van der Waals surface area contributed by atoms with Gasteiger partial charge in [0.25, 0.3) is 5.91 Å². The van der Waals surface area contributed by atoms with Crippen molar-refractivity contribution in [1.29, 1.82) is 0 Å². The van der Waals surface area contributed by atoms with Gasteiger partial charge in [0, 0.05) is 7.05 Å². The van der Waals surface area contributed by atoms with Crippen molar-refractivity contribution in [3.8, 4) is 0 Å². The number of esters is 1. The van der Waals surface area contributed by atoms with Crippen LogP contribution in [0.5, 0.6) is 0 Å². The van der Waals surface area contributed by atoms with Gasteiger partial charge in [0.05, 0.1) is 39.0 Å². The van der Waals surface area contributed by atoms with Crippen molar-refractivity contribution in [2.24, 2.45) is 12.0 Å². The Hall–Kier alpha value is -2.78. The molecule has 0 fully saturated rings. The number of aryl methyl sites for hydroxylation is 1. The Labute approximate surface area is 184 Å². The first kappa shape index (κ1) is 22.9. The number of thiazole rings is 1. The largest absolute Gasteiger partial charge is 0.462 e. The lowest BCUT2D eigenvalue weighted by Gasteiger charge is -2.08. The molecule has 31 heavy (non-hydrogen) atoms. The van der Waals surface area contributed by atoms with Gasteiger partial charge < -0.3 is 9.30 Å². The third-order valence-corrected chi connectivity index (χ3v) is 8.03. The normalized spacial score (nSPS) is 12.5. The van der Waals surface area contributed by atoms with Gasteiger partial charge in [-0.15, -0.1) is 0 Å². The number of hydrogen-bond donors (Lipinski definition) is 0. The van der Waals surface area contributed by atoms with Gasteiger partial charge in [-0.05, 0) is 56.7 Å². The van der Waals surface area contributed by atoms with E-state index >= 15 is 0 Å². The summed E-state index contributed by atoms with van der Waals surface area (Å²) >= 11 is 1.31. The number of carbonyl (C=O) groups excluding carboxylic acids is 2. The number of rotatable bonds is 6. The van der Waals surface area contributed by atoms with E-state index in [1.165, 1.54) is 23.5 Å². The minimum Gasteiger partial charge on any atom is -0.462 e. The van der Waals surface area contributed by atoms with Gasteiger partial charge in [-0.1, -0.05) is 23.5 Å². The molecular formula is C22H24N2O5S2. The zero-order valence-electron chi connectivity index (χ0n) is 17.8. The lowest BCUT2D eigenvalue weighted by Crippen LogP contribution is -2.15. The van der Waals surface area contributed by atoms with Crippen molar-refractivity contribution >= 4 is 43.3 Å². The second-order valence-corrected chi connectivity index (χ2v) is 10.8. The molecule has 1 aromatic heterocycles. The molecule has 164 valence electrons. The molecule has 0 radical (unpaired) electrons. The highest BCUT2D eigenvalue weighted by Gasteiger charge is 2.19. The van der Waals surface area contributed by atoms with E-state index in [0.29, 0.717) is 22.5 Å². The summed E-state index contributed by atoms with van der Waals surface area (Å²) in [5.74, 6) is -0.731. The molecule has 3 rings (SSSR count). The molecule has 0 aliphatic carbocycles. The molecule has 7 nitrogen and oxygen atoms in total.